The largest absolute Gasteiger partial charge is 0.492 e. The van der Waals surface area contributed by atoms with Gasteiger partial charge in [-0.15, -0.1) is 0 Å². The fraction of sp³-hybridized carbons (Fsp3) is 0.913. The van der Waals surface area contributed by atoms with Crippen molar-refractivity contribution >= 4 is 0 Å². The van der Waals surface area contributed by atoms with Crippen molar-refractivity contribution in [2.24, 2.45) is 0 Å². The first kappa shape index (κ1) is 27.7. The molecule has 198 valence electrons. The van der Waals surface area contributed by atoms with Crippen molar-refractivity contribution in [3.63, 3.8) is 0 Å². The zero-order valence-corrected chi connectivity index (χ0v) is 20.7. The molecule has 11 nitrogen and oxygen atoms in total. The molecule has 0 amide bonds. The van der Waals surface area contributed by atoms with Gasteiger partial charge in [0.1, 0.15) is 57.7 Å². The molecule has 7 atom stereocenters. The molecule has 3 heterocycles. The van der Waals surface area contributed by atoms with Gasteiger partial charge in [0.2, 0.25) is 0 Å². The van der Waals surface area contributed by atoms with Gasteiger partial charge < -0.3 is 52.1 Å². The topological polar surface area (TPSA) is 102 Å². The monoisotopic (exact) mass is 492 g/mol. The van der Waals surface area contributed by atoms with Crippen LogP contribution in [0, 0.1) is 0 Å². The Morgan fingerprint density at radius 2 is 1.44 bits per heavy atom. The predicted molar refractivity (Wildman–Crippen MR) is 118 cm³/mol. The Morgan fingerprint density at radius 1 is 0.794 bits per heavy atom. The summed E-state index contributed by atoms with van der Waals surface area (Å²) in [5, 5.41) is 0. The maximum absolute atomic E-state index is 6.49. The molecule has 0 unspecified atom stereocenters. The van der Waals surface area contributed by atoms with E-state index in [2.05, 4.69) is 6.08 Å². The fourth-order valence-corrected chi connectivity index (χ4v) is 4.56. The van der Waals surface area contributed by atoms with E-state index < -0.39 is 30.5 Å². The molecule has 0 aromatic carbocycles. The second-order valence-electron chi connectivity index (χ2n) is 8.42. The maximum atomic E-state index is 6.49. The standard InChI is InChI=1S/C23H40O11/c1-24-12-28-11-20-22(31-14-26-3)23(32-15-27-4)21(30-13-25-2)19(34-20)10-16-7-8-17-18(33-16)6-5-9-29-17/h7,17-23H,5-6,8-15H2,1-4H3/t17-,18+,19+,20-,21+,22-,23-/m1/s1. The summed E-state index contributed by atoms with van der Waals surface area (Å²) >= 11 is 0. The van der Waals surface area contributed by atoms with Gasteiger partial charge in [-0.25, -0.2) is 0 Å². The molecule has 0 aromatic heterocycles. The summed E-state index contributed by atoms with van der Waals surface area (Å²) in [6.45, 7) is 1.34. The molecule has 2 fully saturated rings. The van der Waals surface area contributed by atoms with Crippen LogP contribution in [0.4, 0.5) is 0 Å². The molecule has 0 aromatic rings. The van der Waals surface area contributed by atoms with Crippen LogP contribution in [0.15, 0.2) is 11.8 Å². The third-order valence-electron chi connectivity index (χ3n) is 6.01. The van der Waals surface area contributed by atoms with Gasteiger partial charge in [0.05, 0.1) is 24.6 Å². The highest BCUT2D eigenvalue weighted by Gasteiger charge is 2.49. The van der Waals surface area contributed by atoms with E-state index in [0.29, 0.717) is 6.42 Å². The van der Waals surface area contributed by atoms with Crippen molar-refractivity contribution in [1.29, 1.82) is 0 Å². The molecular formula is C23H40O11. The summed E-state index contributed by atoms with van der Waals surface area (Å²) in [6.07, 6.45) is 3.12. The average Bonchev–Trinajstić information content (AvgIpc) is 2.86. The first-order valence-corrected chi connectivity index (χ1v) is 11.7. The van der Waals surface area contributed by atoms with Gasteiger partial charge >= 0.3 is 0 Å². The van der Waals surface area contributed by atoms with Crippen LogP contribution in [-0.4, -0.2) is 112 Å². The van der Waals surface area contributed by atoms with E-state index in [1.165, 1.54) is 0 Å². The van der Waals surface area contributed by atoms with Crippen molar-refractivity contribution in [2.45, 2.75) is 68.4 Å². The summed E-state index contributed by atoms with van der Waals surface area (Å²) in [4.78, 5) is 0. The molecule has 3 aliphatic rings. The van der Waals surface area contributed by atoms with Crippen LogP contribution in [0.25, 0.3) is 0 Å². The highest BCUT2D eigenvalue weighted by Crippen LogP contribution is 2.35. The Kier molecular flexibility index (Phi) is 12.5. The van der Waals surface area contributed by atoms with E-state index in [9.17, 15) is 0 Å². The zero-order valence-electron chi connectivity index (χ0n) is 20.7. The van der Waals surface area contributed by atoms with Gasteiger partial charge in [-0.2, -0.15) is 0 Å². The normalized spacial score (nSPS) is 33.8. The molecule has 0 bridgehead atoms. The lowest BCUT2D eigenvalue weighted by Crippen LogP contribution is -2.61. The number of hydrogen-bond donors (Lipinski definition) is 0. The van der Waals surface area contributed by atoms with Gasteiger partial charge in [0, 0.05) is 41.5 Å². The first-order chi connectivity index (χ1) is 16.7. The molecule has 34 heavy (non-hydrogen) atoms. The summed E-state index contributed by atoms with van der Waals surface area (Å²) in [5.41, 5.74) is 0. The Morgan fingerprint density at radius 3 is 2.12 bits per heavy atom. The molecule has 2 saturated heterocycles. The lowest BCUT2D eigenvalue weighted by Gasteiger charge is -2.46. The SMILES string of the molecule is COCOC[C@H]1O[C@@H](CC2=CC[C@H]3OCCC[C@@H]3O2)[C@H](OCOC)[C@@H](OCOC)[C@@H]1OCOC. The third-order valence-corrected chi connectivity index (χ3v) is 6.01. The molecule has 0 radical (unpaired) electrons. The predicted octanol–water partition coefficient (Wildman–Crippen LogP) is 1.58. The quantitative estimate of drug-likeness (QED) is 0.246. The smallest absolute Gasteiger partial charge is 0.146 e. The molecule has 0 saturated carbocycles. The van der Waals surface area contributed by atoms with Crippen LogP contribution >= 0.6 is 0 Å². The number of ether oxygens (including phenoxy) is 11. The van der Waals surface area contributed by atoms with E-state index in [1.54, 1.807) is 28.4 Å². The van der Waals surface area contributed by atoms with Gasteiger partial charge in [0.15, 0.2) is 0 Å². The highest BCUT2D eigenvalue weighted by atomic mass is 16.7. The summed E-state index contributed by atoms with van der Waals surface area (Å²) in [5.74, 6) is 0.862. The second kappa shape index (κ2) is 15.3. The van der Waals surface area contributed by atoms with Gasteiger partial charge in [-0.1, -0.05) is 0 Å². The molecule has 3 aliphatic heterocycles. The Hall–Kier alpha value is -0.860. The third kappa shape index (κ3) is 7.82. The number of fused-ring (bicyclic) bond motifs is 1. The van der Waals surface area contributed by atoms with Crippen molar-refractivity contribution < 1.29 is 52.1 Å². The van der Waals surface area contributed by atoms with Crippen molar-refractivity contribution in [3.8, 4) is 0 Å². The van der Waals surface area contributed by atoms with E-state index >= 15 is 0 Å². The summed E-state index contributed by atoms with van der Waals surface area (Å²) < 4.78 is 62.9. The molecular weight excluding hydrogens is 452 g/mol. The number of rotatable bonds is 15. The Labute approximate surface area is 201 Å². The summed E-state index contributed by atoms with van der Waals surface area (Å²) in [6, 6.07) is 0. The van der Waals surface area contributed by atoms with Crippen LogP contribution in [0.5, 0.6) is 0 Å². The molecule has 11 heteroatoms. The van der Waals surface area contributed by atoms with Gasteiger partial charge in [-0.3, -0.25) is 0 Å². The minimum atomic E-state index is -0.539. The van der Waals surface area contributed by atoms with Gasteiger partial charge in [-0.05, 0) is 25.3 Å². The van der Waals surface area contributed by atoms with Crippen molar-refractivity contribution in [3.05, 3.63) is 11.8 Å². The molecule has 0 aliphatic carbocycles. The van der Waals surface area contributed by atoms with Crippen LogP contribution in [-0.2, 0) is 52.1 Å². The molecule has 0 N–H and O–H groups in total. The number of hydrogen-bond acceptors (Lipinski definition) is 11. The van der Waals surface area contributed by atoms with Crippen LogP contribution < -0.4 is 0 Å². The molecule has 3 rings (SSSR count). The average molecular weight is 493 g/mol. The first-order valence-electron chi connectivity index (χ1n) is 11.7. The Balaban J connectivity index is 1.79. The zero-order chi connectivity index (χ0) is 24.2. The number of methoxy groups -OCH3 is 4. The minimum Gasteiger partial charge on any atom is -0.492 e. The van der Waals surface area contributed by atoms with Crippen LogP contribution in [0.2, 0.25) is 0 Å². The van der Waals surface area contributed by atoms with Crippen molar-refractivity contribution in [1.82, 2.24) is 0 Å². The highest BCUT2D eigenvalue weighted by molar-refractivity contribution is 5.07. The lowest BCUT2D eigenvalue weighted by atomic mass is 9.91. The van der Waals surface area contributed by atoms with E-state index in [-0.39, 0.29) is 46.0 Å². The van der Waals surface area contributed by atoms with E-state index in [4.69, 9.17) is 52.1 Å². The van der Waals surface area contributed by atoms with E-state index in [1.807, 2.05) is 0 Å². The lowest BCUT2D eigenvalue weighted by molar-refractivity contribution is -0.298. The van der Waals surface area contributed by atoms with E-state index in [0.717, 1.165) is 31.6 Å². The second-order valence-corrected chi connectivity index (χ2v) is 8.42. The minimum absolute atomic E-state index is 0.0562. The Bertz CT molecular complexity index is 589. The molecule has 0 spiro atoms. The van der Waals surface area contributed by atoms with Crippen LogP contribution in [0.1, 0.15) is 25.7 Å². The van der Waals surface area contributed by atoms with Crippen LogP contribution in [0.3, 0.4) is 0 Å². The van der Waals surface area contributed by atoms with Gasteiger partial charge in [0.25, 0.3) is 0 Å². The maximum Gasteiger partial charge on any atom is 0.146 e. The van der Waals surface area contributed by atoms with Crippen molar-refractivity contribution in [2.75, 3.05) is 68.8 Å². The fourth-order valence-electron chi connectivity index (χ4n) is 4.56. The summed E-state index contributed by atoms with van der Waals surface area (Å²) in [7, 11) is 6.26.